The van der Waals surface area contributed by atoms with Gasteiger partial charge in [-0.3, -0.25) is 4.79 Å². The standard InChI is InChI=1S/C25H38O2/c1-16(26)25-11-5-4-6-18(25)15-22-20-8-7-17-14-19(27)9-12-23(17,2)21(20)10-13-24(22,25)3/h7,18-22,27H,4-6,8-15H2,1-3H3/t18-,19-,20-,21+,22+,23-,24-,25+/m0/s1. The first-order chi connectivity index (χ1) is 12.8. The molecule has 0 aromatic rings. The smallest absolute Gasteiger partial charge is 0.136 e. The van der Waals surface area contributed by atoms with Crippen LogP contribution < -0.4 is 0 Å². The van der Waals surface area contributed by atoms with Crippen LogP contribution in [0.1, 0.15) is 91.4 Å². The molecule has 0 aromatic heterocycles. The van der Waals surface area contributed by atoms with E-state index in [0.29, 0.717) is 17.1 Å². The maximum atomic E-state index is 13.1. The number of Topliss-reactive ketones (excluding diaryl/α,β-unsaturated/α-hetero) is 1. The van der Waals surface area contributed by atoms with Crippen LogP contribution in [0.4, 0.5) is 0 Å². The van der Waals surface area contributed by atoms with Crippen LogP contribution in [0, 0.1) is 39.9 Å². The zero-order valence-electron chi connectivity index (χ0n) is 17.6. The highest BCUT2D eigenvalue weighted by Crippen LogP contribution is 2.73. The average molecular weight is 371 g/mol. The Morgan fingerprint density at radius 3 is 2.67 bits per heavy atom. The SMILES string of the molecule is CC(=O)[C@]12CCCC[C@H]1C[C@@H]1[C@H]3CC=C4C[C@@H](O)CC[C@]4(C)[C@@H]3CC[C@@]12C. The van der Waals surface area contributed by atoms with Crippen molar-refractivity contribution in [1.82, 2.24) is 0 Å². The number of fused-ring (bicyclic) bond motifs is 7. The van der Waals surface area contributed by atoms with Gasteiger partial charge in [-0.05, 0) is 99.2 Å². The van der Waals surface area contributed by atoms with E-state index in [4.69, 9.17) is 0 Å². The van der Waals surface area contributed by atoms with E-state index in [9.17, 15) is 9.90 Å². The Morgan fingerprint density at radius 1 is 1.07 bits per heavy atom. The van der Waals surface area contributed by atoms with Crippen LogP contribution in [0.5, 0.6) is 0 Å². The van der Waals surface area contributed by atoms with Crippen molar-refractivity contribution in [1.29, 1.82) is 0 Å². The number of allylic oxidation sites excluding steroid dienone is 1. The third-order valence-electron chi connectivity index (χ3n) is 10.7. The third-order valence-corrected chi connectivity index (χ3v) is 10.7. The normalized spacial score (nSPS) is 54.2. The van der Waals surface area contributed by atoms with Crippen molar-refractivity contribution < 1.29 is 9.90 Å². The van der Waals surface area contributed by atoms with Crippen LogP contribution in [-0.2, 0) is 4.79 Å². The molecule has 2 nitrogen and oxygen atoms in total. The number of aliphatic hydroxyl groups is 1. The molecule has 0 unspecified atom stereocenters. The zero-order valence-corrected chi connectivity index (χ0v) is 17.6. The van der Waals surface area contributed by atoms with E-state index in [-0.39, 0.29) is 16.9 Å². The van der Waals surface area contributed by atoms with Crippen molar-refractivity contribution >= 4 is 5.78 Å². The monoisotopic (exact) mass is 370 g/mol. The van der Waals surface area contributed by atoms with E-state index < -0.39 is 0 Å². The molecule has 0 spiro atoms. The summed E-state index contributed by atoms with van der Waals surface area (Å²) < 4.78 is 0. The first-order valence-electron chi connectivity index (χ1n) is 11.7. The summed E-state index contributed by atoms with van der Waals surface area (Å²) in [6.45, 7) is 6.94. The molecule has 4 saturated carbocycles. The number of rotatable bonds is 1. The van der Waals surface area contributed by atoms with E-state index in [0.717, 1.165) is 43.4 Å². The predicted molar refractivity (Wildman–Crippen MR) is 108 cm³/mol. The summed E-state index contributed by atoms with van der Waals surface area (Å²) in [6.07, 6.45) is 15.5. The van der Waals surface area contributed by atoms with E-state index in [2.05, 4.69) is 19.9 Å². The third kappa shape index (κ3) is 2.20. The molecule has 2 heteroatoms. The van der Waals surface area contributed by atoms with Crippen LogP contribution in [-0.4, -0.2) is 17.0 Å². The number of hydrogen-bond acceptors (Lipinski definition) is 2. The number of carbonyl (C=O) groups excluding carboxylic acids is 1. The molecule has 4 fully saturated rings. The van der Waals surface area contributed by atoms with Crippen molar-refractivity contribution in [3.8, 4) is 0 Å². The van der Waals surface area contributed by atoms with Gasteiger partial charge in [0.2, 0.25) is 0 Å². The molecule has 0 radical (unpaired) electrons. The van der Waals surface area contributed by atoms with E-state index in [1.165, 1.54) is 44.9 Å². The molecule has 0 aromatic carbocycles. The highest BCUT2D eigenvalue weighted by molar-refractivity contribution is 5.84. The Balaban J connectivity index is 1.54. The highest BCUT2D eigenvalue weighted by atomic mass is 16.3. The number of hydrogen-bond donors (Lipinski definition) is 1. The van der Waals surface area contributed by atoms with Gasteiger partial charge in [-0.15, -0.1) is 0 Å². The topological polar surface area (TPSA) is 37.3 Å². The van der Waals surface area contributed by atoms with Crippen LogP contribution in [0.25, 0.3) is 0 Å². The molecule has 0 aliphatic heterocycles. The lowest BCUT2D eigenvalue weighted by molar-refractivity contribution is -0.147. The molecule has 5 aliphatic carbocycles. The molecule has 150 valence electrons. The summed E-state index contributed by atoms with van der Waals surface area (Å²) in [5, 5.41) is 10.2. The zero-order chi connectivity index (χ0) is 19.0. The molecule has 8 atom stereocenters. The molecule has 27 heavy (non-hydrogen) atoms. The Labute approximate surface area is 165 Å². The van der Waals surface area contributed by atoms with Crippen molar-refractivity contribution in [3.05, 3.63) is 11.6 Å². The Kier molecular flexibility index (Phi) is 4.05. The summed E-state index contributed by atoms with van der Waals surface area (Å²) in [5.41, 5.74) is 2.07. The maximum Gasteiger partial charge on any atom is 0.136 e. The van der Waals surface area contributed by atoms with E-state index >= 15 is 0 Å². The summed E-state index contributed by atoms with van der Waals surface area (Å²) in [5.74, 6) is 3.41. The van der Waals surface area contributed by atoms with Gasteiger partial charge in [-0.25, -0.2) is 0 Å². The fourth-order valence-electron chi connectivity index (χ4n) is 9.44. The summed E-state index contributed by atoms with van der Waals surface area (Å²) in [7, 11) is 0. The molecule has 5 aliphatic rings. The van der Waals surface area contributed by atoms with Crippen LogP contribution in [0.15, 0.2) is 11.6 Å². The van der Waals surface area contributed by atoms with E-state index in [1.54, 1.807) is 5.57 Å². The van der Waals surface area contributed by atoms with Crippen LogP contribution in [0.3, 0.4) is 0 Å². The minimum absolute atomic E-state index is 0.0193. The minimum atomic E-state index is -0.120. The Bertz CT molecular complexity index is 680. The van der Waals surface area contributed by atoms with Crippen molar-refractivity contribution in [2.75, 3.05) is 0 Å². The molecule has 1 N–H and O–H groups in total. The summed E-state index contributed by atoms with van der Waals surface area (Å²) in [4.78, 5) is 13.1. The average Bonchev–Trinajstić information content (AvgIpc) is 2.92. The predicted octanol–water partition coefficient (Wildman–Crippen LogP) is 5.69. The van der Waals surface area contributed by atoms with Crippen molar-refractivity contribution in [3.63, 3.8) is 0 Å². The Hall–Kier alpha value is -0.630. The fourth-order valence-corrected chi connectivity index (χ4v) is 9.44. The Morgan fingerprint density at radius 2 is 1.89 bits per heavy atom. The van der Waals surface area contributed by atoms with Crippen LogP contribution >= 0.6 is 0 Å². The van der Waals surface area contributed by atoms with Gasteiger partial charge in [-0.1, -0.05) is 38.3 Å². The second-order valence-corrected chi connectivity index (χ2v) is 11.3. The largest absolute Gasteiger partial charge is 0.393 e. The van der Waals surface area contributed by atoms with E-state index in [1.807, 2.05) is 6.92 Å². The minimum Gasteiger partial charge on any atom is -0.393 e. The second kappa shape index (κ2) is 5.94. The van der Waals surface area contributed by atoms with Gasteiger partial charge in [-0.2, -0.15) is 0 Å². The fraction of sp³-hybridized carbons (Fsp3) is 0.880. The first-order valence-corrected chi connectivity index (χ1v) is 11.7. The van der Waals surface area contributed by atoms with Gasteiger partial charge in [0.05, 0.1) is 6.10 Å². The van der Waals surface area contributed by atoms with Gasteiger partial charge in [0.15, 0.2) is 0 Å². The number of carbonyl (C=O) groups is 1. The maximum absolute atomic E-state index is 13.1. The molecular weight excluding hydrogens is 332 g/mol. The quantitative estimate of drug-likeness (QED) is 0.602. The number of ketones is 1. The highest BCUT2D eigenvalue weighted by Gasteiger charge is 2.68. The van der Waals surface area contributed by atoms with Gasteiger partial charge in [0, 0.05) is 5.41 Å². The lowest BCUT2D eigenvalue weighted by Crippen LogP contribution is -2.55. The summed E-state index contributed by atoms with van der Waals surface area (Å²) in [6, 6.07) is 0. The van der Waals surface area contributed by atoms with Gasteiger partial charge in [0.1, 0.15) is 5.78 Å². The van der Waals surface area contributed by atoms with Crippen LogP contribution in [0.2, 0.25) is 0 Å². The van der Waals surface area contributed by atoms with Gasteiger partial charge in [0.25, 0.3) is 0 Å². The lowest BCUT2D eigenvalue weighted by atomic mass is 9.44. The lowest BCUT2D eigenvalue weighted by Gasteiger charge is -2.60. The second-order valence-electron chi connectivity index (χ2n) is 11.3. The van der Waals surface area contributed by atoms with Crippen molar-refractivity contribution in [2.45, 2.75) is 97.5 Å². The molecule has 0 bridgehead atoms. The molecule has 5 rings (SSSR count). The number of aliphatic hydroxyl groups excluding tert-OH is 1. The molecular formula is C25H38O2. The molecule has 0 heterocycles. The van der Waals surface area contributed by atoms with Crippen molar-refractivity contribution in [2.24, 2.45) is 39.9 Å². The summed E-state index contributed by atoms with van der Waals surface area (Å²) >= 11 is 0. The first kappa shape index (κ1) is 18.4. The van der Waals surface area contributed by atoms with Gasteiger partial charge >= 0.3 is 0 Å². The molecule has 0 saturated heterocycles. The molecule has 0 amide bonds. The van der Waals surface area contributed by atoms with Gasteiger partial charge < -0.3 is 5.11 Å².